The van der Waals surface area contributed by atoms with Gasteiger partial charge < -0.3 is 20.3 Å². The zero-order chi connectivity index (χ0) is 16.2. The van der Waals surface area contributed by atoms with Crippen LogP contribution in [-0.2, 0) is 9.59 Å². The number of piperidine rings is 1. The SMILES string of the molecule is CC1Oc2ccccc2N(CCC(=O)NC2CCCNC2)C1=O. The molecule has 0 aromatic heterocycles. The summed E-state index contributed by atoms with van der Waals surface area (Å²) in [6.07, 6.45) is 1.87. The lowest BCUT2D eigenvalue weighted by Gasteiger charge is -2.33. The monoisotopic (exact) mass is 317 g/mol. The standard InChI is InChI=1S/C17H23N3O3/c1-12-17(22)20(14-6-2-3-7-15(14)23-12)10-8-16(21)19-13-5-4-9-18-11-13/h2-3,6-7,12-13,18H,4-5,8-11H2,1H3,(H,19,21). The molecule has 1 fully saturated rings. The highest BCUT2D eigenvalue weighted by molar-refractivity contribution is 6.00. The number of carbonyl (C=O) groups is 2. The summed E-state index contributed by atoms with van der Waals surface area (Å²) in [4.78, 5) is 26.2. The van der Waals surface area contributed by atoms with Crippen LogP contribution in [-0.4, -0.2) is 43.6 Å². The van der Waals surface area contributed by atoms with Gasteiger partial charge in [-0.2, -0.15) is 0 Å². The Morgan fingerprint density at radius 2 is 2.26 bits per heavy atom. The van der Waals surface area contributed by atoms with Gasteiger partial charge in [-0.05, 0) is 38.4 Å². The predicted octanol–water partition coefficient (Wildman–Crippen LogP) is 1.06. The molecule has 2 amide bonds. The Labute approximate surface area is 136 Å². The van der Waals surface area contributed by atoms with E-state index in [0.717, 1.165) is 31.6 Å². The minimum absolute atomic E-state index is 0.0110. The topological polar surface area (TPSA) is 70.7 Å². The second-order valence-electron chi connectivity index (χ2n) is 6.08. The average Bonchev–Trinajstić information content (AvgIpc) is 2.56. The van der Waals surface area contributed by atoms with Crippen molar-refractivity contribution in [3.8, 4) is 5.75 Å². The van der Waals surface area contributed by atoms with Gasteiger partial charge in [-0.25, -0.2) is 0 Å². The van der Waals surface area contributed by atoms with Crippen molar-refractivity contribution in [3.05, 3.63) is 24.3 Å². The molecular weight excluding hydrogens is 294 g/mol. The van der Waals surface area contributed by atoms with Crippen molar-refractivity contribution in [1.29, 1.82) is 0 Å². The van der Waals surface area contributed by atoms with Crippen LogP contribution in [0.4, 0.5) is 5.69 Å². The van der Waals surface area contributed by atoms with E-state index in [-0.39, 0.29) is 17.9 Å². The van der Waals surface area contributed by atoms with Gasteiger partial charge in [-0.1, -0.05) is 12.1 Å². The van der Waals surface area contributed by atoms with Crippen LogP contribution in [0, 0.1) is 0 Å². The first-order valence-corrected chi connectivity index (χ1v) is 8.22. The van der Waals surface area contributed by atoms with E-state index in [0.29, 0.717) is 18.7 Å². The number of anilines is 1. The number of hydrogen-bond donors (Lipinski definition) is 2. The van der Waals surface area contributed by atoms with Crippen molar-refractivity contribution in [2.45, 2.75) is 38.3 Å². The molecule has 2 heterocycles. The van der Waals surface area contributed by atoms with Crippen LogP contribution in [0.5, 0.6) is 5.75 Å². The van der Waals surface area contributed by atoms with E-state index in [2.05, 4.69) is 10.6 Å². The van der Waals surface area contributed by atoms with Gasteiger partial charge in [0.05, 0.1) is 5.69 Å². The number of rotatable bonds is 4. The fraction of sp³-hybridized carbons (Fsp3) is 0.529. The Hall–Kier alpha value is -2.08. The molecule has 1 aromatic rings. The summed E-state index contributed by atoms with van der Waals surface area (Å²) in [7, 11) is 0. The summed E-state index contributed by atoms with van der Waals surface area (Å²) in [6, 6.07) is 7.64. The molecule has 0 saturated carbocycles. The van der Waals surface area contributed by atoms with E-state index in [1.807, 2.05) is 24.3 Å². The van der Waals surface area contributed by atoms with Crippen LogP contribution in [0.1, 0.15) is 26.2 Å². The third-order valence-corrected chi connectivity index (χ3v) is 4.30. The maximum atomic E-state index is 12.3. The van der Waals surface area contributed by atoms with E-state index >= 15 is 0 Å². The van der Waals surface area contributed by atoms with E-state index in [4.69, 9.17) is 4.74 Å². The molecule has 6 heteroatoms. The summed E-state index contributed by atoms with van der Waals surface area (Å²) in [6.45, 7) is 3.94. The fourth-order valence-corrected chi connectivity index (χ4v) is 3.08. The number of ether oxygens (including phenoxy) is 1. The molecule has 2 aliphatic heterocycles. The van der Waals surface area contributed by atoms with Gasteiger partial charge >= 0.3 is 0 Å². The quantitative estimate of drug-likeness (QED) is 0.871. The lowest BCUT2D eigenvalue weighted by Crippen LogP contribution is -2.48. The fourth-order valence-electron chi connectivity index (χ4n) is 3.08. The zero-order valence-corrected chi connectivity index (χ0v) is 13.4. The average molecular weight is 317 g/mol. The molecule has 2 unspecified atom stereocenters. The molecule has 0 spiro atoms. The van der Waals surface area contributed by atoms with Gasteiger partial charge in [0.25, 0.3) is 5.91 Å². The number of carbonyl (C=O) groups excluding carboxylic acids is 2. The van der Waals surface area contributed by atoms with Gasteiger partial charge in [-0.15, -0.1) is 0 Å². The highest BCUT2D eigenvalue weighted by Crippen LogP contribution is 2.33. The minimum atomic E-state index is -0.518. The van der Waals surface area contributed by atoms with Crippen molar-refractivity contribution in [1.82, 2.24) is 10.6 Å². The van der Waals surface area contributed by atoms with E-state index in [9.17, 15) is 9.59 Å². The molecule has 0 aliphatic carbocycles. The number of hydrogen-bond acceptors (Lipinski definition) is 4. The second kappa shape index (κ2) is 7.00. The predicted molar refractivity (Wildman–Crippen MR) is 87.5 cm³/mol. The molecule has 0 bridgehead atoms. The molecule has 3 rings (SSSR count). The Morgan fingerprint density at radius 1 is 1.43 bits per heavy atom. The first kappa shape index (κ1) is 15.8. The van der Waals surface area contributed by atoms with Crippen LogP contribution in [0.2, 0.25) is 0 Å². The molecule has 23 heavy (non-hydrogen) atoms. The zero-order valence-electron chi connectivity index (χ0n) is 13.4. The number of para-hydroxylation sites is 2. The Morgan fingerprint density at radius 3 is 3.04 bits per heavy atom. The first-order valence-electron chi connectivity index (χ1n) is 8.22. The Kier molecular flexibility index (Phi) is 4.81. The maximum Gasteiger partial charge on any atom is 0.267 e. The Bertz CT molecular complexity index is 584. The van der Waals surface area contributed by atoms with Gasteiger partial charge in [0, 0.05) is 25.6 Å². The maximum absolute atomic E-state index is 12.3. The van der Waals surface area contributed by atoms with Gasteiger partial charge in [0.15, 0.2) is 6.10 Å². The van der Waals surface area contributed by atoms with Crippen molar-refractivity contribution >= 4 is 17.5 Å². The van der Waals surface area contributed by atoms with Crippen LogP contribution in [0.25, 0.3) is 0 Å². The summed E-state index contributed by atoms with van der Waals surface area (Å²) < 4.78 is 5.60. The summed E-state index contributed by atoms with van der Waals surface area (Å²) in [5.41, 5.74) is 0.739. The second-order valence-corrected chi connectivity index (χ2v) is 6.08. The van der Waals surface area contributed by atoms with Crippen LogP contribution in [0.15, 0.2) is 24.3 Å². The molecular formula is C17H23N3O3. The van der Waals surface area contributed by atoms with E-state index in [1.165, 1.54) is 0 Å². The van der Waals surface area contributed by atoms with Crippen molar-refractivity contribution in [3.63, 3.8) is 0 Å². The molecule has 1 saturated heterocycles. The van der Waals surface area contributed by atoms with Crippen LogP contribution >= 0.6 is 0 Å². The normalized spacial score (nSPS) is 23.9. The largest absolute Gasteiger partial charge is 0.479 e. The number of fused-ring (bicyclic) bond motifs is 1. The molecule has 2 aliphatic rings. The molecule has 2 N–H and O–H groups in total. The first-order chi connectivity index (χ1) is 11.1. The number of amides is 2. The number of benzene rings is 1. The van der Waals surface area contributed by atoms with Crippen LogP contribution < -0.4 is 20.3 Å². The summed E-state index contributed by atoms with van der Waals surface area (Å²) in [5.74, 6) is 0.579. The number of nitrogens with one attached hydrogen (secondary N) is 2. The third kappa shape index (κ3) is 3.64. The highest BCUT2D eigenvalue weighted by Gasteiger charge is 2.31. The molecule has 0 radical (unpaired) electrons. The molecule has 1 aromatic carbocycles. The van der Waals surface area contributed by atoms with Crippen molar-refractivity contribution in [2.75, 3.05) is 24.5 Å². The number of nitrogens with zero attached hydrogens (tertiary/aromatic N) is 1. The molecule has 2 atom stereocenters. The van der Waals surface area contributed by atoms with Gasteiger partial charge in [0.2, 0.25) is 5.91 Å². The summed E-state index contributed by atoms with van der Waals surface area (Å²) >= 11 is 0. The van der Waals surface area contributed by atoms with Gasteiger partial charge in [-0.3, -0.25) is 9.59 Å². The lowest BCUT2D eigenvalue weighted by atomic mass is 10.1. The van der Waals surface area contributed by atoms with E-state index in [1.54, 1.807) is 11.8 Å². The Balaban J connectivity index is 1.60. The molecule has 124 valence electrons. The van der Waals surface area contributed by atoms with Gasteiger partial charge in [0.1, 0.15) is 5.75 Å². The summed E-state index contributed by atoms with van der Waals surface area (Å²) in [5, 5.41) is 6.31. The van der Waals surface area contributed by atoms with Crippen molar-refractivity contribution < 1.29 is 14.3 Å². The van der Waals surface area contributed by atoms with Crippen LogP contribution in [0.3, 0.4) is 0 Å². The molecule has 6 nitrogen and oxygen atoms in total. The van der Waals surface area contributed by atoms with E-state index < -0.39 is 6.10 Å². The third-order valence-electron chi connectivity index (χ3n) is 4.30. The highest BCUT2D eigenvalue weighted by atomic mass is 16.5. The lowest BCUT2D eigenvalue weighted by molar-refractivity contribution is -0.125. The minimum Gasteiger partial charge on any atom is -0.479 e. The smallest absolute Gasteiger partial charge is 0.267 e. The van der Waals surface area contributed by atoms with Crippen molar-refractivity contribution in [2.24, 2.45) is 0 Å².